The van der Waals surface area contributed by atoms with Gasteiger partial charge >= 0.3 is 0 Å². The summed E-state index contributed by atoms with van der Waals surface area (Å²) in [6.07, 6.45) is 0. The van der Waals surface area contributed by atoms with E-state index >= 15 is 0 Å². The highest BCUT2D eigenvalue weighted by atomic mass is 16.5. The summed E-state index contributed by atoms with van der Waals surface area (Å²) < 4.78 is 5.08. The van der Waals surface area contributed by atoms with Crippen molar-refractivity contribution >= 4 is 11.6 Å². The first kappa shape index (κ1) is 13.3. The van der Waals surface area contributed by atoms with E-state index in [4.69, 9.17) is 10.5 Å². The lowest BCUT2D eigenvalue weighted by Crippen LogP contribution is -2.46. The summed E-state index contributed by atoms with van der Waals surface area (Å²) in [6, 6.07) is 7.27. The molecule has 0 spiro atoms. The number of methoxy groups -OCH3 is 1. The summed E-state index contributed by atoms with van der Waals surface area (Å²) in [7, 11) is 5.26. The van der Waals surface area contributed by atoms with Crippen LogP contribution in [-0.2, 0) is 4.79 Å². The van der Waals surface area contributed by atoms with Crippen LogP contribution in [0.15, 0.2) is 24.3 Å². The Balaban J connectivity index is 2.68. The van der Waals surface area contributed by atoms with E-state index in [-0.39, 0.29) is 11.9 Å². The Kier molecular flexibility index (Phi) is 4.78. The number of amides is 1. The molecule has 0 saturated heterocycles. The van der Waals surface area contributed by atoms with Crippen molar-refractivity contribution < 1.29 is 9.53 Å². The molecular formula is C12H19N3O2. The summed E-state index contributed by atoms with van der Waals surface area (Å²) >= 11 is 0. The molecule has 1 aromatic rings. The molecule has 5 heteroatoms. The summed E-state index contributed by atoms with van der Waals surface area (Å²) in [5, 5.41) is 2.88. The first-order valence-corrected chi connectivity index (χ1v) is 5.40. The van der Waals surface area contributed by atoms with E-state index in [0.717, 1.165) is 11.4 Å². The molecule has 0 aliphatic carbocycles. The van der Waals surface area contributed by atoms with E-state index in [2.05, 4.69) is 5.32 Å². The molecule has 1 amide bonds. The standard InChI is InChI=1S/C12H19N3O2/c1-14-11(12(13)16)8-15(2)9-4-6-10(17-3)7-5-9/h4-7,11,14H,8H2,1-3H3,(H2,13,16). The molecule has 0 aliphatic heterocycles. The average Bonchev–Trinajstić information content (AvgIpc) is 2.35. The molecule has 1 atom stereocenters. The Labute approximate surface area is 102 Å². The molecule has 3 N–H and O–H groups in total. The number of nitrogens with two attached hydrogens (primary N) is 1. The quantitative estimate of drug-likeness (QED) is 0.742. The molecule has 0 saturated carbocycles. The van der Waals surface area contributed by atoms with Crippen molar-refractivity contribution in [3.8, 4) is 5.75 Å². The number of nitrogens with zero attached hydrogens (tertiary/aromatic N) is 1. The highest BCUT2D eigenvalue weighted by Gasteiger charge is 2.15. The summed E-state index contributed by atoms with van der Waals surface area (Å²) in [4.78, 5) is 13.1. The Morgan fingerprint density at radius 3 is 2.47 bits per heavy atom. The number of nitrogens with one attached hydrogen (secondary N) is 1. The molecule has 1 aromatic carbocycles. The Morgan fingerprint density at radius 2 is 2.06 bits per heavy atom. The molecule has 0 heterocycles. The maximum atomic E-state index is 11.1. The van der Waals surface area contributed by atoms with Gasteiger partial charge in [-0.05, 0) is 31.3 Å². The van der Waals surface area contributed by atoms with Gasteiger partial charge in [-0.1, -0.05) is 0 Å². The smallest absolute Gasteiger partial charge is 0.236 e. The molecule has 0 bridgehead atoms. The molecule has 1 rings (SSSR count). The minimum atomic E-state index is -0.359. The van der Waals surface area contributed by atoms with Crippen LogP contribution in [0, 0.1) is 0 Å². The van der Waals surface area contributed by atoms with E-state index < -0.39 is 0 Å². The van der Waals surface area contributed by atoms with Crippen LogP contribution < -0.4 is 20.7 Å². The zero-order chi connectivity index (χ0) is 12.8. The van der Waals surface area contributed by atoms with Gasteiger partial charge in [0.05, 0.1) is 7.11 Å². The van der Waals surface area contributed by atoms with Crippen molar-refractivity contribution in [3.05, 3.63) is 24.3 Å². The number of carbonyl (C=O) groups excluding carboxylic acids is 1. The van der Waals surface area contributed by atoms with Gasteiger partial charge in [0.25, 0.3) is 0 Å². The predicted octanol–water partition coefficient (Wildman–Crippen LogP) is 0.205. The largest absolute Gasteiger partial charge is 0.497 e. The van der Waals surface area contributed by atoms with Crippen LogP contribution in [0.25, 0.3) is 0 Å². The van der Waals surface area contributed by atoms with E-state index in [1.54, 1.807) is 14.2 Å². The lowest BCUT2D eigenvalue weighted by atomic mass is 10.2. The van der Waals surface area contributed by atoms with Gasteiger partial charge in [-0.2, -0.15) is 0 Å². The van der Waals surface area contributed by atoms with Gasteiger partial charge in [-0.25, -0.2) is 0 Å². The molecular weight excluding hydrogens is 218 g/mol. The van der Waals surface area contributed by atoms with Crippen LogP contribution in [0.5, 0.6) is 5.75 Å². The van der Waals surface area contributed by atoms with E-state index in [9.17, 15) is 4.79 Å². The van der Waals surface area contributed by atoms with Crippen LogP contribution >= 0.6 is 0 Å². The van der Waals surface area contributed by atoms with Gasteiger partial charge in [0.15, 0.2) is 0 Å². The topological polar surface area (TPSA) is 67.6 Å². The predicted molar refractivity (Wildman–Crippen MR) is 68.3 cm³/mol. The third kappa shape index (κ3) is 3.64. The number of likely N-dealkylation sites (N-methyl/N-ethyl adjacent to an activating group) is 2. The number of anilines is 1. The average molecular weight is 237 g/mol. The fourth-order valence-corrected chi connectivity index (χ4v) is 1.54. The van der Waals surface area contributed by atoms with Crippen molar-refractivity contribution in [2.75, 3.05) is 32.6 Å². The van der Waals surface area contributed by atoms with Crippen molar-refractivity contribution in [1.82, 2.24) is 5.32 Å². The Morgan fingerprint density at radius 1 is 1.47 bits per heavy atom. The number of benzene rings is 1. The highest BCUT2D eigenvalue weighted by Crippen LogP contribution is 2.18. The summed E-state index contributed by atoms with van der Waals surface area (Å²) in [5.41, 5.74) is 6.28. The zero-order valence-corrected chi connectivity index (χ0v) is 10.4. The van der Waals surface area contributed by atoms with Gasteiger partial charge < -0.3 is 20.7 Å². The number of hydrogen-bond acceptors (Lipinski definition) is 4. The summed E-state index contributed by atoms with van der Waals surface area (Å²) in [6.45, 7) is 0.526. The molecule has 1 unspecified atom stereocenters. The second-order valence-electron chi connectivity index (χ2n) is 3.82. The van der Waals surface area contributed by atoms with Gasteiger partial charge in [0.2, 0.25) is 5.91 Å². The third-order valence-corrected chi connectivity index (χ3v) is 2.66. The van der Waals surface area contributed by atoms with E-state index in [0.29, 0.717) is 6.54 Å². The number of primary amides is 1. The molecule has 17 heavy (non-hydrogen) atoms. The zero-order valence-electron chi connectivity index (χ0n) is 10.4. The molecule has 94 valence electrons. The fourth-order valence-electron chi connectivity index (χ4n) is 1.54. The van der Waals surface area contributed by atoms with Crippen LogP contribution in [0.1, 0.15) is 0 Å². The van der Waals surface area contributed by atoms with Gasteiger partial charge in [-0.3, -0.25) is 4.79 Å². The molecule has 0 radical (unpaired) electrons. The van der Waals surface area contributed by atoms with Crippen molar-refractivity contribution in [2.24, 2.45) is 5.73 Å². The highest BCUT2D eigenvalue weighted by molar-refractivity contribution is 5.80. The maximum Gasteiger partial charge on any atom is 0.236 e. The Hall–Kier alpha value is -1.75. The molecule has 0 aromatic heterocycles. The number of ether oxygens (including phenoxy) is 1. The fraction of sp³-hybridized carbons (Fsp3) is 0.417. The van der Waals surface area contributed by atoms with Crippen LogP contribution in [-0.4, -0.2) is 39.7 Å². The molecule has 5 nitrogen and oxygen atoms in total. The molecule has 0 aliphatic rings. The minimum absolute atomic E-state index is 0.354. The van der Waals surface area contributed by atoms with Gasteiger partial charge in [0, 0.05) is 19.3 Å². The normalized spacial score (nSPS) is 11.9. The number of carbonyl (C=O) groups is 1. The Bertz CT molecular complexity index is 365. The van der Waals surface area contributed by atoms with Crippen LogP contribution in [0.3, 0.4) is 0 Å². The maximum absolute atomic E-state index is 11.1. The molecule has 0 fully saturated rings. The first-order chi connectivity index (χ1) is 8.08. The van der Waals surface area contributed by atoms with E-state index in [1.165, 1.54) is 0 Å². The lowest BCUT2D eigenvalue weighted by molar-refractivity contribution is -0.119. The van der Waals surface area contributed by atoms with Gasteiger partial charge in [0.1, 0.15) is 11.8 Å². The van der Waals surface area contributed by atoms with Crippen LogP contribution in [0.2, 0.25) is 0 Å². The van der Waals surface area contributed by atoms with Crippen LogP contribution in [0.4, 0.5) is 5.69 Å². The van der Waals surface area contributed by atoms with Crippen molar-refractivity contribution in [1.29, 1.82) is 0 Å². The number of hydrogen-bond donors (Lipinski definition) is 2. The minimum Gasteiger partial charge on any atom is -0.497 e. The second-order valence-corrected chi connectivity index (χ2v) is 3.82. The van der Waals surface area contributed by atoms with Crippen molar-refractivity contribution in [2.45, 2.75) is 6.04 Å². The SMILES string of the molecule is CNC(CN(C)c1ccc(OC)cc1)C(N)=O. The van der Waals surface area contributed by atoms with Crippen molar-refractivity contribution in [3.63, 3.8) is 0 Å². The second kappa shape index (κ2) is 6.10. The van der Waals surface area contributed by atoms with Gasteiger partial charge in [-0.15, -0.1) is 0 Å². The monoisotopic (exact) mass is 237 g/mol. The summed E-state index contributed by atoms with van der Waals surface area (Å²) in [5.74, 6) is 0.454. The first-order valence-electron chi connectivity index (χ1n) is 5.40. The van der Waals surface area contributed by atoms with E-state index in [1.807, 2.05) is 36.2 Å². The third-order valence-electron chi connectivity index (χ3n) is 2.66. The lowest BCUT2D eigenvalue weighted by Gasteiger charge is -2.23. The number of rotatable bonds is 6.